The lowest BCUT2D eigenvalue weighted by Gasteiger charge is -2.25. The summed E-state index contributed by atoms with van der Waals surface area (Å²) in [6, 6.07) is 5.72. The van der Waals surface area contributed by atoms with E-state index in [1.807, 2.05) is 19.1 Å². The number of rotatable bonds is 7. The molecular formula is C18H23Cl2N3O2. The quantitative estimate of drug-likeness (QED) is 0.706. The normalized spacial score (nSPS) is 11.4. The van der Waals surface area contributed by atoms with E-state index in [1.54, 1.807) is 18.0 Å². The Bertz CT molecular complexity index is 731. The molecule has 1 heterocycles. The molecule has 5 nitrogen and oxygen atoms in total. The number of oxazole rings is 1. The van der Waals surface area contributed by atoms with Crippen LogP contribution in [0.3, 0.4) is 0 Å². The van der Waals surface area contributed by atoms with Crippen LogP contribution in [0, 0.1) is 0 Å². The molecule has 0 fully saturated rings. The largest absolute Gasteiger partial charge is 0.447 e. The highest BCUT2D eigenvalue weighted by atomic mass is 35.5. The van der Waals surface area contributed by atoms with Gasteiger partial charge in [0, 0.05) is 36.2 Å². The van der Waals surface area contributed by atoms with Crippen LogP contribution in [0.5, 0.6) is 0 Å². The van der Waals surface area contributed by atoms with Crippen molar-refractivity contribution in [2.75, 3.05) is 13.6 Å². The van der Waals surface area contributed by atoms with E-state index < -0.39 is 0 Å². The van der Waals surface area contributed by atoms with Crippen LogP contribution in [0.25, 0.3) is 0 Å². The molecule has 0 atom stereocenters. The topological polar surface area (TPSA) is 49.6 Å². The van der Waals surface area contributed by atoms with Crippen molar-refractivity contribution < 1.29 is 9.21 Å². The van der Waals surface area contributed by atoms with Gasteiger partial charge in [0.1, 0.15) is 6.26 Å². The Hall–Kier alpha value is -1.56. The summed E-state index contributed by atoms with van der Waals surface area (Å²) in [5.41, 5.74) is 1.31. The molecule has 0 saturated carbocycles. The maximum atomic E-state index is 12.1. The summed E-state index contributed by atoms with van der Waals surface area (Å²) >= 11 is 12.2. The summed E-state index contributed by atoms with van der Waals surface area (Å²) in [5.74, 6) is 0.362. The molecule has 1 aromatic carbocycles. The first-order chi connectivity index (χ1) is 11.8. The fourth-order valence-corrected chi connectivity index (χ4v) is 2.75. The van der Waals surface area contributed by atoms with Crippen molar-refractivity contribution in [2.24, 2.45) is 0 Å². The minimum atomic E-state index is -0.144. The number of aromatic nitrogens is 1. The van der Waals surface area contributed by atoms with Crippen LogP contribution >= 0.6 is 23.2 Å². The molecule has 0 unspecified atom stereocenters. The molecule has 2 rings (SSSR count). The predicted molar refractivity (Wildman–Crippen MR) is 100.0 cm³/mol. The first kappa shape index (κ1) is 19.8. The van der Waals surface area contributed by atoms with Gasteiger partial charge < -0.3 is 9.32 Å². The third kappa shape index (κ3) is 5.21. The fourth-order valence-electron chi connectivity index (χ4n) is 2.28. The van der Waals surface area contributed by atoms with E-state index in [0.29, 0.717) is 41.3 Å². The van der Waals surface area contributed by atoms with E-state index in [1.165, 1.54) is 6.26 Å². The van der Waals surface area contributed by atoms with Crippen molar-refractivity contribution >= 4 is 29.1 Å². The third-order valence-corrected chi connectivity index (χ3v) is 4.64. The molecule has 0 bridgehead atoms. The van der Waals surface area contributed by atoms with E-state index >= 15 is 0 Å². The Kier molecular flexibility index (Phi) is 6.87. The summed E-state index contributed by atoms with van der Waals surface area (Å²) in [5, 5.41) is 1.24. The Balaban J connectivity index is 2.12. The zero-order valence-electron chi connectivity index (χ0n) is 14.9. The average molecular weight is 384 g/mol. The van der Waals surface area contributed by atoms with Crippen LogP contribution in [0.15, 0.2) is 28.9 Å². The molecule has 25 heavy (non-hydrogen) atoms. The summed E-state index contributed by atoms with van der Waals surface area (Å²) < 4.78 is 5.49. The van der Waals surface area contributed by atoms with Gasteiger partial charge in [-0.1, -0.05) is 29.3 Å². The molecule has 1 amide bonds. The number of hydrogen-bond donors (Lipinski definition) is 0. The van der Waals surface area contributed by atoms with Crippen molar-refractivity contribution in [1.29, 1.82) is 0 Å². The molecule has 0 N–H and O–H groups in total. The van der Waals surface area contributed by atoms with Gasteiger partial charge >= 0.3 is 0 Å². The minimum Gasteiger partial charge on any atom is -0.447 e. The van der Waals surface area contributed by atoms with E-state index in [9.17, 15) is 4.79 Å². The van der Waals surface area contributed by atoms with Crippen LogP contribution in [0.1, 0.15) is 42.7 Å². The van der Waals surface area contributed by atoms with Crippen molar-refractivity contribution in [3.63, 3.8) is 0 Å². The van der Waals surface area contributed by atoms with Gasteiger partial charge in [0.15, 0.2) is 5.69 Å². The van der Waals surface area contributed by atoms with Crippen molar-refractivity contribution in [3.05, 3.63) is 51.7 Å². The molecule has 0 radical (unpaired) electrons. The second-order valence-electron chi connectivity index (χ2n) is 6.18. The molecule has 1 aromatic heterocycles. The molecule has 0 aliphatic carbocycles. The van der Waals surface area contributed by atoms with Gasteiger partial charge in [-0.2, -0.15) is 0 Å². The van der Waals surface area contributed by atoms with E-state index in [0.717, 1.165) is 5.56 Å². The average Bonchev–Trinajstić information content (AvgIpc) is 3.03. The van der Waals surface area contributed by atoms with E-state index in [-0.39, 0.29) is 11.9 Å². The van der Waals surface area contributed by atoms with Crippen LogP contribution in [0.4, 0.5) is 0 Å². The monoisotopic (exact) mass is 383 g/mol. The molecular weight excluding hydrogens is 361 g/mol. The number of carbonyl (C=O) groups excluding carboxylic acids is 1. The second-order valence-corrected chi connectivity index (χ2v) is 7.02. The summed E-state index contributed by atoms with van der Waals surface area (Å²) in [4.78, 5) is 20.2. The number of halogens is 2. The molecule has 136 valence electrons. The fraction of sp³-hybridized carbons (Fsp3) is 0.444. The SMILES string of the molecule is CCN(C)C(=O)c1coc(CN(Cc2ccc(Cl)cc2Cl)C(C)C)n1. The molecule has 7 heteroatoms. The van der Waals surface area contributed by atoms with Gasteiger partial charge in [0.25, 0.3) is 5.91 Å². The number of hydrogen-bond acceptors (Lipinski definition) is 4. The lowest BCUT2D eigenvalue weighted by molar-refractivity contribution is 0.0796. The highest BCUT2D eigenvalue weighted by Gasteiger charge is 2.19. The van der Waals surface area contributed by atoms with Crippen molar-refractivity contribution in [1.82, 2.24) is 14.8 Å². The van der Waals surface area contributed by atoms with Crippen LogP contribution < -0.4 is 0 Å². The van der Waals surface area contributed by atoms with Gasteiger partial charge in [-0.3, -0.25) is 9.69 Å². The summed E-state index contributed by atoms with van der Waals surface area (Å²) in [6.45, 7) is 7.82. The smallest absolute Gasteiger partial charge is 0.275 e. The Morgan fingerprint density at radius 2 is 2.00 bits per heavy atom. The molecule has 0 aliphatic rings. The van der Waals surface area contributed by atoms with Crippen molar-refractivity contribution in [2.45, 2.75) is 39.9 Å². The Labute approximate surface area is 158 Å². The van der Waals surface area contributed by atoms with Gasteiger partial charge in [-0.15, -0.1) is 0 Å². The highest BCUT2D eigenvalue weighted by molar-refractivity contribution is 6.35. The molecule has 0 spiro atoms. The highest BCUT2D eigenvalue weighted by Crippen LogP contribution is 2.23. The summed E-state index contributed by atoms with van der Waals surface area (Å²) in [7, 11) is 1.74. The van der Waals surface area contributed by atoms with Crippen molar-refractivity contribution in [3.8, 4) is 0 Å². The van der Waals surface area contributed by atoms with Gasteiger partial charge in [0.2, 0.25) is 5.89 Å². The number of nitrogens with zero attached hydrogens (tertiary/aromatic N) is 3. The molecule has 0 aliphatic heterocycles. The third-order valence-electron chi connectivity index (χ3n) is 4.05. The number of amides is 1. The summed E-state index contributed by atoms with van der Waals surface area (Å²) in [6.07, 6.45) is 1.41. The van der Waals surface area contributed by atoms with Crippen LogP contribution in [0.2, 0.25) is 10.0 Å². The maximum Gasteiger partial charge on any atom is 0.275 e. The molecule has 2 aromatic rings. The standard InChI is InChI=1S/C18H23Cl2N3O2/c1-5-22(4)18(24)16-11-25-17(21-16)10-23(12(2)3)9-13-6-7-14(19)8-15(13)20/h6-8,11-12H,5,9-10H2,1-4H3. The zero-order valence-corrected chi connectivity index (χ0v) is 16.4. The maximum absolute atomic E-state index is 12.1. The van der Waals surface area contributed by atoms with E-state index in [4.69, 9.17) is 27.6 Å². The predicted octanol–water partition coefficient (Wildman–Crippen LogP) is 4.48. The minimum absolute atomic E-state index is 0.144. The Morgan fingerprint density at radius 1 is 1.28 bits per heavy atom. The first-order valence-corrected chi connectivity index (χ1v) is 8.95. The lowest BCUT2D eigenvalue weighted by atomic mass is 10.2. The lowest BCUT2D eigenvalue weighted by Crippen LogP contribution is -2.30. The van der Waals surface area contributed by atoms with E-state index in [2.05, 4.69) is 23.7 Å². The number of carbonyl (C=O) groups is 1. The van der Waals surface area contributed by atoms with Gasteiger partial charge in [-0.05, 0) is 38.5 Å². The Morgan fingerprint density at radius 3 is 2.60 bits per heavy atom. The van der Waals surface area contributed by atoms with Gasteiger partial charge in [0.05, 0.1) is 6.54 Å². The zero-order chi connectivity index (χ0) is 18.6. The number of benzene rings is 1. The second kappa shape index (κ2) is 8.70. The molecule has 0 saturated heterocycles. The van der Waals surface area contributed by atoms with Gasteiger partial charge in [-0.25, -0.2) is 4.98 Å². The van der Waals surface area contributed by atoms with Crippen LogP contribution in [-0.2, 0) is 13.1 Å². The van der Waals surface area contributed by atoms with Crippen LogP contribution in [-0.4, -0.2) is 40.3 Å². The first-order valence-electron chi connectivity index (χ1n) is 8.19.